The first kappa shape index (κ1) is 16.2. The van der Waals surface area contributed by atoms with E-state index in [9.17, 15) is 0 Å². The van der Waals surface area contributed by atoms with Crippen LogP contribution in [0.2, 0.25) is 13.1 Å². The van der Waals surface area contributed by atoms with Gasteiger partial charge in [0.2, 0.25) is 0 Å². The first-order valence-electron chi connectivity index (χ1n) is 8.44. The van der Waals surface area contributed by atoms with Crippen LogP contribution in [-0.2, 0) is 0 Å². The second kappa shape index (κ2) is 5.77. The average molecular weight is 322 g/mol. The molecule has 3 rings (SSSR count). The highest BCUT2D eigenvalue weighted by Crippen LogP contribution is 2.43. The molecule has 0 radical (unpaired) electrons. The van der Waals surface area contributed by atoms with E-state index in [4.69, 9.17) is 0 Å². The number of rotatable bonds is 3. The highest BCUT2D eigenvalue weighted by atomic mass is 28.3. The Balaban J connectivity index is 2.07. The largest absolute Gasteiger partial charge is 0.332 e. The van der Waals surface area contributed by atoms with E-state index in [0.29, 0.717) is 5.54 Å². The molecule has 1 nitrogen and oxygen atoms in total. The molecule has 0 fully saturated rings. The zero-order valence-electron chi connectivity index (χ0n) is 14.9. The molecular weight excluding hydrogens is 294 g/mol. The molecule has 2 heteroatoms. The molecule has 1 N–H and O–H groups in total. The van der Waals surface area contributed by atoms with Crippen LogP contribution in [0.3, 0.4) is 0 Å². The predicted molar refractivity (Wildman–Crippen MR) is 103 cm³/mol. The Kier molecular flexibility index (Phi) is 4.07. The lowest BCUT2D eigenvalue weighted by Crippen LogP contribution is -2.57. The maximum absolute atomic E-state index is 3.94. The van der Waals surface area contributed by atoms with Gasteiger partial charge in [-0.25, -0.2) is 0 Å². The lowest BCUT2D eigenvalue weighted by molar-refractivity contribution is 0.509. The molecule has 0 aromatic heterocycles. The van der Waals surface area contributed by atoms with Crippen molar-refractivity contribution in [3.05, 3.63) is 77.4 Å². The normalized spacial score (nSPS) is 17.8. The van der Waals surface area contributed by atoms with Crippen LogP contribution in [0.5, 0.6) is 0 Å². The van der Waals surface area contributed by atoms with Crippen LogP contribution in [0.4, 0.5) is 0 Å². The van der Waals surface area contributed by atoms with E-state index in [1.165, 1.54) is 22.3 Å². The smallest absolute Gasteiger partial charge is 0.131 e. The molecule has 0 aliphatic heterocycles. The van der Waals surface area contributed by atoms with Crippen molar-refractivity contribution in [3.8, 4) is 0 Å². The zero-order valence-corrected chi connectivity index (χ0v) is 15.9. The van der Waals surface area contributed by atoms with Gasteiger partial charge >= 0.3 is 0 Å². The van der Waals surface area contributed by atoms with Crippen molar-refractivity contribution in [2.24, 2.45) is 0 Å². The van der Waals surface area contributed by atoms with Crippen molar-refractivity contribution < 1.29 is 0 Å². The van der Waals surface area contributed by atoms with Crippen molar-refractivity contribution in [3.63, 3.8) is 0 Å². The standard InChI is InChI=1S/C21H27NSi/c1-21(2,3)22-23(4,5)20-15-19(16-11-7-6-8-12-16)17-13-9-10-14-18(17)20/h6-15,20,22H,1-5H3. The van der Waals surface area contributed by atoms with Crippen molar-refractivity contribution in [2.45, 2.75) is 44.9 Å². The summed E-state index contributed by atoms with van der Waals surface area (Å²) in [4.78, 5) is 3.94. The fraction of sp³-hybridized carbons (Fsp3) is 0.333. The maximum atomic E-state index is 3.94. The molecule has 0 spiro atoms. The van der Waals surface area contributed by atoms with E-state index in [1.807, 2.05) is 0 Å². The molecular formula is C21H27NSi. The summed E-state index contributed by atoms with van der Waals surface area (Å²) in [5.41, 5.74) is 6.26. The highest BCUT2D eigenvalue weighted by Gasteiger charge is 2.39. The van der Waals surface area contributed by atoms with Gasteiger partial charge in [0.05, 0.1) is 0 Å². The van der Waals surface area contributed by atoms with E-state index >= 15 is 0 Å². The molecule has 0 saturated carbocycles. The molecule has 1 atom stereocenters. The van der Waals surface area contributed by atoms with Crippen molar-refractivity contribution in [2.75, 3.05) is 0 Å². The summed E-state index contributed by atoms with van der Waals surface area (Å²) in [6.45, 7) is 11.7. The molecule has 1 unspecified atom stereocenters. The number of allylic oxidation sites excluding steroid dienone is 1. The van der Waals surface area contributed by atoms with Gasteiger partial charge in [0.15, 0.2) is 0 Å². The van der Waals surface area contributed by atoms with E-state index in [0.717, 1.165) is 0 Å². The number of fused-ring (bicyclic) bond motifs is 1. The maximum Gasteiger partial charge on any atom is 0.131 e. The van der Waals surface area contributed by atoms with Gasteiger partial charge in [-0.05, 0) is 43.0 Å². The highest BCUT2D eigenvalue weighted by molar-refractivity contribution is 6.77. The molecule has 23 heavy (non-hydrogen) atoms. The lowest BCUT2D eigenvalue weighted by Gasteiger charge is -2.37. The second-order valence-corrected chi connectivity index (χ2v) is 12.4. The molecule has 2 aromatic rings. The van der Waals surface area contributed by atoms with E-state index in [2.05, 4.69) is 99.5 Å². The monoisotopic (exact) mass is 321 g/mol. The van der Waals surface area contributed by atoms with Crippen LogP contribution in [0, 0.1) is 0 Å². The van der Waals surface area contributed by atoms with Gasteiger partial charge in [0.25, 0.3) is 0 Å². The van der Waals surface area contributed by atoms with Crippen LogP contribution >= 0.6 is 0 Å². The van der Waals surface area contributed by atoms with E-state index in [1.54, 1.807) is 0 Å². The van der Waals surface area contributed by atoms with Crippen molar-refractivity contribution in [1.82, 2.24) is 4.98 Å². The van der Waals surface area contributed by atoms with Crippen LogP contribution in [-0.4, -0.2) is 13.8 Å². The van der Waals surface area contributed by atoms with Gasteiger partial charge in [-0.15, -0.1) is 0 Å². The van der Waals surface area contributed by atoms with Gasteiger partial charge in [-0.1, -0.05) is 73.8 Å². The van der Waals surface area contributed by atoms with E-state index in [-0.39, 0.29) is 5.54 Å². The van der Waals surface area contributed by atoms with E-state index < -0.39 is 8.24 Å². The Hall–Kier alpha value is -1.64. The third-order valence-electron chi connectivity index (χ3n) is 4.48. The van der Waals surface area contributed by atoms with Gasteiger partial charge in [0, 0.05) is 11.1 Å². The number of hydrogen-bond acceptors (Lipinski definition) is 1. The molecule has 0 bridgehead atoms. The molecule has 1 aliphatic rings. The molecule has 1 aliphatic carbocycles. The predicted octanol–water partition coefficient (Wildman–Crippen LogP) is 5.35. The van der Waals surface area contributed by atoms with Gasteiger partial charge in [0.1, 0.15) is 8.24 Å². The fourth-order valence-corrected chi connectivity index (χ4v) is 7.57. The Morgan fingerprint density at radius 1 is 0.870 bits per heavy atom. The minimum atomic E-state index is -1.66. The summed E-state index contributed by atoms with van der Waals surface area (Å²) in [5.74, 6) is 0. The molecule has 120 valence electrons. The molecule has 2 aromatic carbocycles. The summed E-state index contributed by atoms with van der Waals surface area (Å²) in [6.07, 6.45) is 2.50. The van der Waals surface area contributed by atoms with Crippen LogP contribution in [0.15, 0.2) is 60.7 Å². The second-order valence-electron chi connectivity index (χ2n) is 8.11. The summed E-state index contributed by atoms with van der Waals surface area (Å²) in [6, 6.07) is 19.7. The fourth-order valence-electron chi connectivity index (χ4n) is 3.87. The molecule has 0 heterocycles. The minimum Gasteiger partial charge on any atom is -0.332 e. The quantitative estimate of drug-likeness (QED) is 0.752. The molecule has 0 amide bonds. The number of hydrogen-bond donors (Lipinski definition) is 1. The van der Waals surface area contributed by atoms with Crippen molar-refractivity contribution >= 4 is 13.8 Å². The Morgan fingerprint density at radius 2 is 1.48 bits per heavy atom. The molecule has 0 saturated heterocycles. The zero-order chi connectivity index (χ0) is 16.7. The van der Waals surface area contributed by atoms with Gasteiger partial charge in [-0.2, -0.15) is 0 Å². The Bertz CT molecular complexity index is 723. The average Bonchev–Trinajstić information content (AvgIpc) is 2.86. The minimum absolute atomic E-state index is 0.147. The summed E-state index contributed by atoms with van der Waals surface area (Å²) < 4.78 is 0. The summed E-state index contributed by atoms with van der Waals surface area (Å²) >= 11 is 0. The van der Waals surface area contributed by atoms with Gasteiger partial charge < -0.3 is 4.98 Å². The lowest BCUT2D eigenvalue weighted by atomic mass is 9.99. The summed E-state index contributed by atoms with van der Waals surface area (Å²) in [7, 11) is -1.66. The Morgan fingerprint density at radius 3 is 2.13 bits per heavy atom. The third kappa shape index (κ3) is 3.33. The SMILES string of the molecule is CC(C)(C)N[Si](C)(C)C1C=C(c2ccccc2)c2ccccc21. The number of nitrogens with one attached hydrogen (secondary N) is 1. The van der Waals surface area contributed by atoms with Crippen molar-refractivity contribution in [1.29, 1.82) is 0 Å². The number of benzene rings is 2. The van der Waals surface area contributed by atoms with Crippen LogP contribution in [0.1, 0.15) is 43.0 Å². The third-order valence-corrected chi connectivity index (χ3v) is 7.91. The van der Waals surface area contributed by atoms with Gasteiger partial charge in [-0.3, -0.25) is 0 Å². The first-order valence-corrected chi connectivity index (χ1v) is 11.5. The first-order chi connectivity index (χ1) is 10.8. The summed E-state index contributed by atoms with van der Waals surface area (Å²) in [5, 5.41) is 0. The van der Waals surface area contributed by atoms with Crippen LogP contribution < -0.4 is 4.98 Å². The topological polar surface area (TPSA) is 12.0 Å². The van der Waals surface area contributed by atoms with Crippen LogP contribution in [0.25, 0.3) is 5.57 Å². The Labute approximate surface area is 141 Å².